The molecule has 0 aliphatic heterocycles. The van der Waals surface area contributed by atoms with Crippen molar-refractivity contribution in [1.82, 2.24) is 0 Å². The van der Waals surface area contributed by atoms with Gasteiger partial charge >= 0.3 is 6.18 Å². The van der Waals surface area contributed by atoms with Crippen molar-refractivity contribution in [2.75, 3.05) is 16.2 Å². The van der Waals surface area contributed by atoms with E-state index in [-0.39, 0.29) is 21.4 Å². The summed E-state index contributed by atoms with van der Waals surface area (Å²) < 4.78 is 74.1. The maximum Gasteiger partial charge on any atom is 0.417 e. The molecule has 0 atom stereocenters. The highest BCUT2D eigenvalue weighted by Crippen LogP contribution is 2.38. The molecule has 4 aromatic carbocycles. The maximum atomic E-state index is 13.6. The normalized spacial score (nSPS) is 11.6. The quantitative estimate of drug-likeness (QED) is 0.227. The van der Waals surface area contributed by atoms with Crippen LogP contribution in [-0.2, 0) is 21.0 Å². The monoisotopic (exact) mass is 594 g/mol. The first kappa shape index (κ1) is 28.3. The van der Waals surface area contributed by atoms with E-state index in [9.17, 15) is 26.4 Å². The average Bonchev–Trinajstić information content (AvgIpc) is 2.90. The van der Waals surface area contributed by atoms with Crippen LogP contribution in [0.15, 0.2) is 102 Å². The molecule has 0 aromatic heterocycles. The third-order valence-corrected chi connectivity index (χ3v) is 7.70. The Morgan fingerprint density at radius 1 is 0.872 bits per heavy atom. The Labute approximate surface area is 232 Å². The molecule has 0 heterocycles. The van der Waals surface area contributed by atoms with Gasteiger partial charge in [0.05, 0.1) is 26.9 Å². The van der Waals surface area contributed by atoms with E-state index in [0.717, 1.165) is 12.1 Å². The van der Waals surface area contributed by atoms with Crippen molar-refractivity contribution in [3.05, 3.63) is 113 Å². The molecule has 0 fully saturated rings. The minimum absolute atomic E-state index is 0.125. The molecule has 0 bridgehead atoms. The molecular formula is C27H19Cl2F3N2O4S. The van der Waals surface area contributed by atoms with Crippen LogP contribution in [0.5, 0.6) is 11.5 Å². The van der Waals surface area contributed by atoms with E-state index in [0.29, 0.717) is 16.1 Å². The van der Waals surface area contributed by atoms with Crippen LogP contribution in [0, 0.1) is 0 Å². The SMILES string of the molecule is O=C(CN(c1ccc(Cl)c(C(F)(F)F)c1)S(=O)(=O)c1ccccc1)Nc1cc(Cl)ccc1Oc1ccccc1. The van der Waals surface area contributed by atoms with Crippen molar-refractivity contribution in [2.24, 2.45) is 0 Å². The van der Waals surface area contributed by atoms with Gasteiger partial charge in [-0.25, -0.2) is 8.42 Å². The van der Waals surface area contributed by atoms with Crippen molar-refractivity contribution in [3.8, 4) is 11.5 Å². The number of benzene rings is 4. The Kier molecular flexibility index (Phi) is 8.39. The van der Waals surface area contributed by atoms with Crippen LogP contribution in [0.4, 0.5) is 24.5 Å². The van der Waals surface area contributed by atoms with Gasteiger partial charge in [-0.3, -0.25) is 9.10 Å². The molecule has 12 heteroatoms. The number of halogens is 5. The third kappa shape index (κ3) is 6.83. The van der Waals surface area contributed by atoms with E-state index >= 15 is 0 Å². The summed E-state index contributed by atoms with van der Waals surface area (Å²) in [6.45, 7) is -0.868. The fraction of sp³-hybridized carbons (Fsp3) is 0.0741. The number of nitrogens with one attached hydrogen (secondary N) is 1. The summed E-state index contributed by atoms with van der Waals surface area (Å²) in [7, 11) is -4.48. The third-order valence-electron chi connectivity index (χ3n) is 5.35. The highest BCUT2D eigenvalue weighted by Gasteiger charge is 2.35. The average molecular weight is 595 g/mol. The molecule has 4 aromatic rings. The van der Waals surface area contributed by atoms with Gasteiger partial charge in [0.1, 0.15) is 12.3 Å². The first-order valence-electron chi connectivity index (χ1n) is 11.2. The lowest BCUT2D eigenvalue weighted by molar-refractivity contribution is -0.137. The van der Waals surface area contributed by atoms with Gasteiger partial charge in [0.15, 0.2) is 5.75 Å². The van der Waals surface area contributed by atoms with E-state index < -0.39 is 44.9 Å². The molecule has 0 radical (unpaired) electrons. The number of para-hydroxylation sites is 1. The van der Waals surface area contributed by atoms with Crippen molar-refractivity contribution in [3.63, 3.8) is 0 Å². The Bertz CT molecular complexity index is 1590. The molecule has 0 unspecified atom stereocenters. The zero-order valence-corrected chi connectivity index (χ0v) is 22.2. The lowest BCUT2D eigenvalue weighted by Crippen LogP contribution is -2.38. The van der Waals surface area contributed by atoms with Crippen LogP contribution in [0.1, 0.15) is 5.56 Å². The second-order valence-corrected chi connectivity index (χ2v) is 10.8. The number of amides is 1. The predicted molar refractivity (Wildman–Crippen MR) is 144 cm³/mol. The van der Waals surface area contributed by atoms with Gasteiger partial charge in [-0.05, 0) is 60.7 Å². The first-order valence-corrected chi connectivity index (χ1v) is 13.4. The minimum Gasteiger partial charge on any atom is -0.455 e. The van der Waals surface area contributed by atoms with Crippen molar-refractivity contribution in [1.29, 1.82) is 0 Å². The molecule has 1 N–H and O–H groups in total. The second kappa shape index (κ2) is 11.6. The molecule has 1 amide bonds. The van der Waals surface area contributed by atoms with E-state index in [4.69, 9.17) is 27.9 Å². The van der Waals surface area contributed by atoms with Crippen molar-refractivity contribution in [2.45, 2.75) is 11.1 Å². The predicted octanol–water partition coefficient (Wildman–Crippen LogP) is 7.64. The second-order valence-electron chi connectivity index (χ2n) is 8.09. The summed E-state index contributed by atoms with van der Waals surface area (Å²) in [5.74, 6) is -0.190. The molecule has 202 valence electrons. The lowest BCUT2D eigenvalue weighted by atomic mass is 10.2. The van der Waals surface area contributed by atoms with Crippen LogP contribution in [0.2, 0.25) is 10.0 Å². The number of hydrogen-bond acceptors (Lipinski definition) is 4. The van der Waals surface area contributed by atoms with E-state index in [1.54, 1.807) is 36.4 Å². The van der Waals surface area contributed by atoms with Gasteiger partial charge in [-0.15, -0.1) is 0 Å². The number of sulfonamides is 1. The van der Waals surface area contributed by atoms with E-state index in [2.05, 4.69) is 5.32 Å². The number of rotatable bonds is 8. The van der Waals surface area contributed by atoms with E-state index in [1.807, 2.05) is 0 Å². The zero-order chi connectivity index (χ0) is 28.2. The largest absolute Gasteiger partial charge is 0.455 e. The molecule has 6 nitrogen and oxygen atoms in total. The van der Waals surface area contributed by atoms with Crippen molar-refractivity contribution >= 4 is 50.5 Å². The molecular weight excluding hydrogens is 576 g/mol. The summed E-state index contributed by atoms with van der Waals surface area (Å²) in [6, 6.07) is 22.7. The van der Waals surface area contributed by atoms with Crippen LogP contribution in [0.3, 0.4) is 0 Å². The summed E-state index contributed by atoms with van der Waals surface area (Å²) in [5.41, 5.74) is -1.53. The molecule has 39 heavy (non-hydrogen) atoms. The van der Waals surface area contributed by atoms with Crippen molar-refractivity contribution < 1.29 is 31.1 Å². The van der Waals surface area contributed by atoms with Gasteiger partial charge < -0.3 is 10.1 Å². The minimum atomic E-state index is -4.86. The number of nitrogens with zero attached hydrogens (tertiary/aromatic N) is 1. The van der Waals surface area contributed by atoms with Crippen LogP contribution < -0.4 is 14.4 Å². The molecule has 0 aliphatic rings. The summed E-state index contributed by atoms with van der Waals surface area (Å²) in [5, 5.41) is 2.19. The van der Waals surface area contributed by atoms with Gasteiger partial charge in [-0.1, -0.05) is 59.6 Å². The molecule has 4 rings (SSSR count). The molecule has 0 spiro atoms. The number of carbonyl (C=O) groups excluding carboxylic acids is 1. The Hall–Kier alpha value is -3.73. The van der Waals surface area contributed by atoms with Gasteiger partial charge in [0.2, 0.25) is 5.91 Å². The summed E-state index contributed by atoms with van der Waals surface area (Å²) in [4.78, 5) is 12.9. The van der Waals surface area contributed by atoms with E-state index in [1.165, 1.54) is 42.5 Å². The highest BCUT2D eigenvalue weighted by molar-refractivity contribution is 7.92. The number of ether oxygens (including phenoxy) is 1. The smallest absolute Gasteiger partial charge is 0.417 e. The summed E-state index contributed by atoms with van der Waals surface area (Å²) >= 11 is 11.8. The Morgan fingerprint density at radius 3 is 2.15 bits per heavy atom. The van der Waals surface area contributed by atoms with Crippen LogP contribution in [0.25, 0.3) is 0 Å². The number of carbonyl (C=O) groups is 1. The van der Waals surface area contributed by atoms with Gasteiger partial charge in [-0.2, -0.15) is 13.2 Å². The topological polar surface area (TPSA) is 75.7 Å². The van der Waals surface area contributed by atoms with Gasteiger partial charge in [0, 0.05) is 5.02 Å². The summed E-state index contributed by atoms with van der Waals surface area (Å²) in [6.07, 6.45) is -4.86. The maximum absolute atomic E-state index is 13.6. The molecule has 0 aliphatic carbocycles. The molecule has 0 saturated heterocycles. The Morgan fingerprint density at radius 2 is 1.51 bits per heavy atom. The number of anilines is 2. The fourth-order valence-electron chi connectivity index (χ4n) is 3.54. The number of hydrogen-bond donors (Lipinski definition) is 1. The highest BCUT2D eigenvalue weighted by atomic mass is 35.5. The zero-order valence-electron chi connectivity index (χ0n) is 19.8. The first-order chi connectivity index (χ1) is 18.4. The fourth-order valence-corrected chi connectivity index (χ4v) is 5.38. The molecule has 0 saturated carbocycles. The van der Waals surface area contributed by atoms with Crippen LogP contribution >= 0.6 is 23.2 Å². The lowest BCUT2D eigenvalue weighted by Gasteiger charge is -2.25. The number of alkyl halides is 3. The standard InChI is InChI=1S/C27H19Cl2F3N2O4S/c28-18-11-14-25(38-20-7-3-1-4-8-20)24(15-18)33-26(35)17-34(39(36,37)21-9-5-2-6-10-21)19-12-13-23(29)22(16-19)27(30,31)32/h1-16H,17H2,(H,33,35). The van der Waals surface area contributed by atoms with Gasteiger partial charge in [0.25, 0.3) is 10.0 Å². The van der Waals surface area contributed by atoms with Crippen LogP contribution in [-0.4, -0.2) is 20.9 Å². The Balaban J connectivity index is 1.70.